The molecule has 0 aromatic heterocycles. The van der Waals surface area contributed by atoms with Gasteiger partial charge in [0.2, 0.25) is 17.7 Å². The Kier molecular flexibility index (Phi) is 6.51. The Labute approximate surface area is 112 Å². The number of carbonyl (C=O) groups excluding carboxylic acids is 3. The number of hydrogen-bond donors (Lipinski definition) is 2. The molecule has 1 saturated heterocycles. The molecule has 0 spiro atoms. The molecule has 3 amide bonds. The number of nitrogens with one attached hydrogen (secondary N) is 1. The summed E-state index contributed by atoms with van der Waals surface area (Å²) in [6.07, 6.45) is 0.0552. The first-order valence-corrected chi connectivity index (χ1v) is 6.11. The summed E-state index contributed by atoms with van der Waals surface area (Å²) < 4.78 is 4.96. The first-order chi connectivity index (χ1) is 9.06. The van der Waals surface area contributed by atoms with Crippen LogP contribution in [0.25, 0.3) is 0 Å². The van der Waals surface area contributed by atoms with E-state index >= 15 is 0 Å². The maximum atomic E-state index is 11.5. The van der Waals surface area contributed by atoms with Crippen LogP contribution in [0.4, 0.5) is 0 Å². The van der Waals surface area contributed by atoms with Gasteiger partial charge in [-0.1, -0.05) is 0 Å². The average molecular weight is 268 g/mol. The number of aliphatic hydroxyl groups excluding tert-OH is 1. The fourth-order valence-corrected chi connectivity index (χ4v) is 1.67. The van der Waals surface area contributed by atoms with Crippen LogP contribution >= 0.6 is 0 Å². The van der Waals surface area contributed by atoms with Crippen LogP contribution in [-0.4, -0.2) is 68.5 Å². The Bertz CT molecular complexity index is 350. The predicted molar refractivity (Wildman–Crippen MR) is 66.4 cm³/mol. The van der Waals surface area contributed by atoms with Gasteiger partial charge in [0.15, 0.2) is 0 Å². The van der Waals surface area contributed by atoms with Gasteiger partial charge < -0.3 is 15.2 Å². The van der Waals surface area contributed by atoms with E-state index in [-0.39, 0.29) is 44.4 Å². The van der Waals surface area contributed by atoms with Gasteiger partial charge in [-0.2, -0.15) is 0 Å². The van der Waals surface area contributed by atoms with Crippen molar-refractivity contribution in [3.8, 4) is 0 Å². The number of likely N-dealkylation sites (tertiary alicyclic amines) is 1. The molecule has 8 heteroatoms. The van der Waals surface area contributed by atoms with Crippen molar-refractivity contribution in [1.82, 2.24) is 10.2 Å². The van der Waals surface area contributed by atoms with Gasteiger partial charge >= 0.3 is 0 Å². The quantitative estimate of drug-likeness (QED) is 0.308. The molecular formula is C11H17BN2O5. The van der Waals surface area contributed by atoms with Crippen molar-refractivity contribution in [2.45, 2.75) is 18.7 Å². The predicted octanol–water partition coefficient (Wildman–Crippen LogP) is -1.78. The molecule has 1 unspecified atom stereocenters. The fraction of sp³-hybridized carbons (Fsp3) is 0.727. The molecule has 0 aromatic rings. The fourth-order valence-electron chi connectivity index (χ4n) is 1.67. The van der Waals surface area contributed by atoms with E-state index in [9.17, 15) is 14.4 Å². The second kappa shape index (κ2) is 7.91. The number of amides is 3. The van der Waals surface area contributed by atoms with Gasteiger partial charge in [-0.05, 0) is 0 Å². The highest BCUT2D eigenvalue weighted by atomic mass is 16.5. The smallest absolute Gasteiger partial charge is 0.229 e. The lowest BCUT2D eigenvalue weighted by Crippen LogP contribution is -2.35. The Hall–Kier alpha value is -1.41. The average Bonchev–Trinajstić information content (AvgIpc) is 2.61. The Morgan fingerprint density at radius 2 is 2.21 bits per heavy atom. The van der Waals surface area contributed by atoms with Crippen molar-refractivity contribution in [1.29, 1.82) is 0 Å². The van der Waals surface area contributed by atoms with Crippen LogP contribution in [0, 0.1) is 0 Å². The van der Waals surface area contributed by atoms with E-state index in [2.05, 4.69) is 5.32 Å². The number of carbonyl (C=O) groups is 3. The third-order valence-electron chi connectivity index (χ3n) is 2.65. The summed E-state index contributed by atoms with van der Waals surface area (Å²) in [5.41, 5.74) is 0. The molecule has 1 atom stereocenters. The molecule has 1 rings (SSSR count). The van der Waals surface area contributed by atoms with Crippen molar-refractivity contribution in [3.63, 3.8) is 0 Å². The molecule has 1 fully saturated rings. The van der Waals surface area contributed by atoms with Gasteiger partial charge in [0.25, 0.3) is 0 Å². The number of ether oxygens (including phenoxy) is 1. The number of rotatable bonds is 8. The number of nitrogens with zero attached hydrogens (tertiary/aromatic N) is 1. The molecule has 1 heterocycles. The van der Waals surface area contributed by atoms with Gasteiger partial charge in [0.05, 0.1) is 27.7 Å². The zero-order valence-corrected chi connectivity index (χ0v) is 10.6. The lowest BCUT2D eigenvalue weighted by Gasteiger charge is -2.14. The van der Waals surface area contributed by atoms with E-state index in [1.54, 1.807) is 0 Å². The zero-order valence-electron chi connectivity index (χ0n) is 10.6. The molecule has 7 nitrogen and oxygen atoms in total. The maximum Gasteiger partial charge on any atom is 0.229 e. The van der Waals surface area contributed by atoms with Gasteiger partial charge in [0, 0.05) is 31.7 Å². The van der Waals surface area contributed by atoms with Crippen molar-refractivity contribution >= 4 is 25.6 Å². The van der Waals surface area contributed by atoms with Crippen molar-refractivity contribution < 1.29 is 24.2 Å². The van der Waals surface area contributed by atoms with Gasteiger partial charge in [0.1, 0.15) is 0 Å². The lowest BCUT2D eigenvalue weighted by atomic mass is 9.86. The summed E-state index contributed by atoms with van der Waals surface area (Å²) in [6, 6.07) is 0. The van der Waals surface area contributed by atoms with Gasteiger partial charge in [-0.25, -0.2) is 0 Å². The summed E-state index contributed by atoms with van der Waals surface area (Å²) in [5, 5.41) is 11.0. The molecule has 0 bridgehead atoms. The Morgan fingerprint density at radius 1 is 1.47 bits per heavy atom. The normalized spacial score (nSPS) is 19.0. The monoisotopic (exact) mass is 268 g/mol. The molecule has 104 valence electrons. The molecular weight excluding hydrogens is 251 g/mol. The Balaban J connectivity index is 2.16. The van der Waals surface area contributed by atoms with Crippen molar-refractivity contribution in [2.75, 3.05) is 32.9 Å². The number of hydrogen-bond acceptors (Lipinski definition) is 5. The third-order valence-corrected chi connectivity index (χ3v) is 2.65. The van der Waals surface area contributed by atoms with E-state index < -0.39 is 11.7 Å². The number of imide groups is 1. The number of aliphatic hydroxyl groups is 1. The molecule has 19 heavy (non-hydrogen) atoms. The molecule has 0 aliphatic carbocycles. The highest BCUT2D eigenvalue weighted by molar-refractivity contribution is 6.29. The molecule has 1 aliphatic heterocycles. The summed E-state index contributed by atoms with van der Waals surface area (Å²) in [7, 11) is 5.44. The summed E-state index contributed by atoms with van der Waals surface area (Å²) in [4.78, 5) is 35.3. The van der Waals surface area contributed by atoms with E-state index in [0.29, 0.717) is 13.2 Å². The second-order valence-electron chi connectivity index (χ2n) is 4.13. The molecule has 1 aliphatic rings. The van der Waals surface area contributed by atoms with Crippen LogP contribution in [0.15, 0.2) is 0 Å². The van der Waals surface area contributed by atoms with Crippen LogP contribution in [0.2, 0.25) is 5.82 Å². The molecule has 0 aromatic carbocycles. The standard InChI is InChI=1S/C11H17BN2O5/c12-8-7-10(17)14(11(8)18)3-1-9(16)13-2-5-19-6-4-15/h8,15H,1-7H2,(H,13,16). The van der Waals surface area contributed by atoms with Crippen LogP contribution in [-0.2, 0) is 19.1 Å². The molecule has 2 radical (unpaired) electrons. The third kappa shape index (κ3) is 5.00. The van der Waals surface area contributed by atoms with Crippen molar-refractivity contribution in [2.24, 2.45) is 0 Å². The summed E-state index contributed by atoms with van der Waals surface area (Å²) in [5.74, 6) is -1.81. The van der Waals surface area contributed by atoms with Gasteiger partial charge in [-0.15, -0.1) is 0 Å². The van der Waals surface area contributed by atoms with E-state index in [0.717, 1.165) is 4.90 Å². The largest absolute Gasteiger partial charge is 0.394 e. The zero-order chi connectivity index (χ0) is 14.3. The van der Waals surface area contributed by atoms with Crippen LogP contribution in [0.3, 0.4) is 0 Å². The molecule has 2 N–H and O–H groups in total. The minimum atomic E-state index is -0.776. The highest BCUT2D eigenvalue weighted by Gasteiger charge is 2.34. The lowest BCUT2D eigenvalue weighted by molar-refractivity contribution is -0.138. The second-order valence-corrected chi connectivity index (χ2v) is 4.13. The Morgan fingerprint density at radius 3 is 2.79 bits per heavy atom. The van der Waals surface area contributed by atoms with E-state index in [4.69, 9.17) is 17.7 Å². The minimum absolute atomic E-state index is 0.00938. The van der Waals surface area contributed by atoms with Gasteiger partial charge in [-0.3, -0.25) is 19.3 Å². The van der Waals surface area contributed by atoms with Crippen molar-refractivity contribution in [3.05, 3.63) is 0 Å². The van der Waals surface area contributed by atoms with Crippen LogP contribution in [0.1, 0.15) is 12.8 Å². The van der Waals surface area contributed by atoms with Crippen LogP contribution in [0.5, 0.6) is 0 Å². The SMILES string of the molecule is [B]C1CC(=O)N(CCC(=O)NCCOCCO)C1=O. The summed E-state index contributed by atoms with van der Waals surface area (Å²) in [6.45, 7) is 0.839. The molecule has 0 saturated carbocycles. The first-order valence-electron chi connectivity index (χ1n) is 6.11. The highest BCUT2D eigenvalue weighted by Crippen LogP contribution is 2.21. The van der Waals surface area contributed by atoms with E-state index in [1.807, 2.05) is 0 Å². The topological polar surface area (TPSA) is 95.9 Å². The maximum absolute atomic E-state index is 11.5. The summed E-state index contributed by atoms with van der Waals surface area (Å²) >= 11 is 0. The first kappa shape index (κ1) is 15.7. The van der Waals surface area contributed by atoms with E-state index in [1.165, 1.54) is 0 Å². The van der Waals surface area contributed by atoms with Crippen LogP contribution < -0.4 is 5.32 Å². The minimum Gasteiger partial charge on any atom is -0.394 e.